The molecule has 122 valence electrons. The average Bonchev–Trinajstić information content (AvgIpc) is 2.76. The van der Waals surface area contributed by atoms with Crippen LogP contribution in [0.4, 0.5) is 4.39 Å². The van der Waals surface area contributed by atoms with Crippen molar-refractivity contribution < 1.29 is 18.8 Å². The maximum absolute atomic E-state index is 14.9. The fourth-order valence-corrected chi connectivity index (χ4v) is 7.16. The normalized spacial score (nSPS) is 21.5. The van der Waals surface area contributed by atoms with E-state index in [0.29, 0.717) is 11.1 Å². The van der Waals surface area contributed by atoms with Crippen LogP contribution in [0.25, 0.3) is 0 Å². The summed E-state index contributed by atoms with van der Waals surface area (Å²) in [6.45, 7) is 0.0993. The van der Waals surface area contributed by atoms with Crippen molar-refractivity contribution in [2.75, 3.05) is 0 Å². The molecule has 1 atom stereocenters. The Kier molecular flexibility index (Phi) is 3.98. The third-order valence-corrected chi connectivity index (χ3v) is 10.2. The molecule has 0 spiro atoms. The van der Waals surface area contributed by atoms with Crippen molar-refractivity contribution >= 4 is 39.7 Å². The van der Waals surface area contributed by atoms with Crippen LogP contribution in [-0.2, 0) is 16.1 Å². The summed E-state index contributed by atoms with van der Waals surface area (Å²) in [6, 6.07) is 2.72. The number of carbonyl (C=O) groups excluding carboxylic acids is 3. The molecule has 1 unspecified atom stereocenters. The molecule has 0 aromatic heterocycles. The zero-order chi connectivity index (χ0) is 16.9. The molecule has 2 aliphatic rings. The molecule has 1 N–H and O–H groups in total. The van der Waals surface area contributed by atoms with E-state index < -0.39 is 30.3 Å². The van der Waals surface area contributed by atoms with Gasteiger partial charge in [0.25, 0.3) is 0 Å². The van der Waals surface area contributed by atoms with Gasteiger partial charge >= 0.3 is 138 Å². The van der Waals surface area contributed by atoms with E-state index in [2.05, 4.69) is 20.1 Å². The van der Waals surface area contributed by atoms with Crippen LogP contribution < -0.4 is 8.90 Å². The van der Waals surface area contributed by atoms with E-state index in [1.165, 1.54) is 4.90 Å². The second-order valence-corrected chi connectivity index (χ2v) is 21.5. The first-order valence-corrected chi connectivity index (χ1v) is 17.7. The van der Waals surface area contributed by atoms with Crippen LogP contribution in [0.2, 0.25) is 14.8 Å². The summed E-state index contributed by atoms with van der Waals surface area (Å²) in [4.78, 5) is 43.5. The summed E-state index contributed by atoms with van der Waals surface area (Å²) in [5.41, 5.74) is 0.732. The molecule has 2 aliphatic heterocycles. The maximum atomic E-state index is 14.9. The second kappa shape index (κ2) is 5.58. The Balaban J connectivity index is 1.95. The average molecular weight is 425 g/mol. The summed E-state index contributed by atoms with van der Waals surface area (Å²) >= 11 is -2.62. The van der Waals surface area contributed by atoms with Crippen molar-refractivity contribution in [3.63, 3.8) is 0 Å². The first kappa shape index (κ1) is 16.4. The van der Waals surface area contributed by atoms with Gasteiger partial charge in [0.05, 0.1) is 0 Å². The van der Waals surface area contributed by atoms with Gasteiger partial charge in [0, 0.05) is 0 Å². The Morgan fingerprint density at radius 1 is 1.22 bits per heavy atom. The quantitative estimate of drug-likeness (QED) is 0.571. The Hall–Kier alpha value is -1.44. The molecule has 5 nitrogen and oxygen atoms in total. The molecule has 1 aromatic carbocycles. The molecule has 1 aromatic rings. The van der Waals surface area contributed by atoms with Crippen LogP contribution in [0, 0.1) is 5.82 Å². The van der Waals surface area contributed by atoms with E-state index in [-0.39, 0.29) is 37.0 Å². The standard InChI is InChI=1S/C13H10FN2O3.3CH3.Sn/c14-9-3-1-2-7-8(9)6-16(13(7)19)10-4-5-11(17)15-12(10)18;;;;/h1-2,10H,4-6H2,(H,15,17,18);3*1H3;. The fraction of sp³-hybridized carbons (Fsp3) is 0.438. The first-order valence-electron chi connectivity index (χ1n) is 7.66. The van der Waals surface area contributed by atoms with Gasteiger partial charge in [-0.05, 0) is 0 Å². The van der Waals surface area contributed by atoms with Gasteiger partial charge in [-0.3, -0.25) is 0 Å². The van der Waals surface area contributed by atoms with E-state index in [0.717, 1.165) is 3.58 Å². The number of halogens is 1. The first-order chi connectivity index (χ1) is 10.7. The molecular weight excluding hydrogens is 406 g/mol. The number of amides is 3. The number of fused-ring (bicyclic) bond motifs is 1. The van der Waals surface area contributed by atoms with Crippen molar-refractivity contribution in [2.45, 2.75) is 40.2 Å². The number of imide groups is 1. The third-order valence-electron chi connectivity index (χ3n) is 4.46. The number of hydrogen-bond acceptors (Lipinski definition) is 3. The van der Waals surface area contributed by atoms with E-state index >= 15 is 0 Å². The van der Waals surface area contributed by atoms with Crippen molar-refractivity contribution in [1.82, 2.24) is 10.2 Å². The number of piperidine rings is 1. The molecule has 0 bridgehead atoms. The molecule has 3 amide bonds. The summed E-state index contributed by atoms with van der Waals surface area (Å²) in [5, 5.41) is 2.25. The third kappa shape index (κ3) is 2.77. The number of rotatable bonds is 2. The van der Waals surface area contributed by atoms with Gasteiger partial charge in [-0.25, -0.2) is 0 Å². The molecular formula is C16H19FN2O3Sn. The summed E-state index contributed by atoms with van der Waals surface area (Å²) < 4.78 is 15.6. The number of benzene rings is 1. The van der Waals surface area contributed by atoms with Gasteiger partial charge in [0.15, 0.2) is 0 Å². The van der Waals surface area contributed by atoms with Crippen LogP contribution in [-0.4, -0.2) is 47.0 Å². The minimum atomic E-state index is -2.62. The van der Waals surface area contributed by atoms with Gasteiger partial charge in [0.2, 0.25) is 0 Å². The van der Waals surface area contributed by atoms with Crippen LogP contribution in [0.3, 0.4) is 0 Å². The summed E-state index contributed by atoms with van der Waals surface area (Å²) in [5.74, 6) is -1.42. The fourth-order valence-electron chi connectivity index (χ4n) is 3.18. The summed E-state index contributed by atoms with van der Waals surface area (Å²) in [7, 11) is 0. The summed E-state index contributed by atoms with van der Waals surface area (Å²) in [6.07, 6.45) is 0.486. The van der Waals surface area contributed by atoms with Crippen molar-refractivity contribution in [3.8, 4) is 0 Å². The monoisotopic (exact) mass is 426 g/mol. The van der Waals surface area contributed by atoms with Crippen LogP contribution in [0.1, 0.15) is 28.8 Å². The predicted octanol–water partition coefficient (Wildman–Crippen LogP) is 1.13. The van der Waals surface area contributed by atoms with Crippen LogP contribution in [0.5, 0.6) is 0 Å². The number of nitrogens with one attached hydrogen (secondary N) is 1. The van der Waals surface area contributed by atoms with Crippen LogP contribution >= 0.6 is 0 Å². The SMILES string of the molecule is [CH3][Sn]([CH3])([CH3])[c]1ccc2c(c1F)CN(C1CCC(=O)NC1=O)C2=O. The molecule has 1 fully saturated rings. The van der Waals surface area contributed by atoms with Gasteiger partial charge in [-0.15, -0.1) is 0 Å². The molecule has 3 rings (SSSR count). The molecule has 0 saturated carbocycles. The zero-order valence-corrected chi connectivity index (χ0v) is 16.3. The van der Waals surface area contributed by atoms with Crippen molar-refractivity contribution in [2.24, 2.45) is 0 Å². The second-order valence-electron chi connectivity index (χ2n) is 7.10. The number of hydrogen-bond donors (Lipinski definition) is 1. The van der Waals surface area contributed by atoms with Gasteiger partial charge in [-0.2, -0.15) is 0 Å². The molecule has 1 saturated heterocycles. The Labute approximate surface area is 138 Å². The van der Waals surface area contributed by atoms with Crippen molar-refractivity contribution in [3.05, 3.63) is 29.1 Å². The van der Waals surface area contributed by atoms with Crippen LogP contribution in [0.15, 0.2) is 12.1 Å². The Morgan fingerprint density at radius 3 is 2.52 bits per heavy atom. The van der Waals surface area contributed by atoms with Crippen molar-refractivity contribution in [1.29, 1.82) is 0 Å². The molecule has 23 heavy (non-hydrogen) atoms. The predicted molar refractivity (Wildman–Crippen MR) is 85.4 cm³/mol. The molecule has 0 radical (unpaired) electrons. The Morgan fingerprint density at radius 2 is 1.91 bits per heavy atom. The van der Waals surface area contributed by atoms with E-state index in [1.807, 2.05) is 0 Å². The number of carbonyl (C=O) groups is 3. The van der Waals surface area contributed by atoms with Gasteiger partial charge in [-0.1, -0.05) is 0 Å². The van der Waals surface area contributed by atoms with E-state index in [9.17, 15) is 18.8 Å². The van der Waals surface area contributed by atoms with E-state index in [1.54, 1.807) is 12.1 Å². The van der Waals surface area contributed by atoms with E-state index in [4.69, 9.17) is 0 Å². The molecule has 2 heterocycles. The molecule has 0 aliphatic carbocycles. The molecule has 7 heteroatoms. The van der Waals surface area contributed by atoms with Gasteiger partial charge < -0.3 is 0 Å². The Bertz CT molecular complexity index is 727. The topological polar surface area (TPSA) is 66.5 Å². The zero-order valence-electron chi connectivity index (χ0n) is 13.4. The van der Waals surface area contributed by atoms with Gasteiger partial charge in [0.1, 0.15) is 0 Å². The minimum absolute atomic E-state index is 0.0993. The number of nitrogens with zero attached hydrogens (tertiary/aromatic N) is 1.